The van der Waals surface area contributed by atoms with Crippen molar-refractivity contribution < 1.29 is 26.2 Å². The molecule has 4 aromatic carbocycles. The number of ether oxygens (including phenoxy) is 1. The van der Waals surface area contributed by atoms with Crippen molar-refractivity contribution >= 4 is 22.4 Å². The second kappa shape index (κ2) is 11.3. The number of nitrogens with zero attached hydrogens (tertiary/aromatic N) is 3. The van der Waals surface area contributed by atoms with Crippen molar-refractivity contribution in [1.82, 2.24) is 9.97 Å². The number of benzene rings is 2. The molecule has 1 aromatic heterocycles. The fraction of sp³-hybridized carbons (Fsp3) is 0.179. The monoisotopic (exact) mass is 510 g/mol. The third-order valence-corrected chi connectivity index (χ3v) is 6.10. The van der Waals surface area contributed by atoms with Crippen LogP contribution in [0.25, 0.3) is 22.4 Å². The molecule has 1 fully saturated rings. The zero-order valence-corrected chi connectivity index (χ0v) is 20.6. The van der Waals surface area contributed by atoms with Gasteiger partial charge in [0.15, 0.2) is 0 Å². The van der Waals surface area contributed by atoms with Gasteiger partial charge in [-0.25, -0.2) is 16.5 Å². The van der Waals surface area contributed by atoms with Crippen LogP contribution in [-0.2, 0) is 17.1 Å². The molecule has 0 bridgehead atoms. The Morgan fingerprint density at radius 2 is 1.63 bits per heavy atom. The molecule has 180 valence electrons. The van der Waals surface area contributed by atoms with Crippen LogP contribution in [0, 0.1) is 5.82 Å². The minimum absolute atomic E-state index is 0. The number of hydrogen-bond donors (Lipinski definition) is 1. The van der Waals surface area contributed by atoms with Crippen molar-refractivity contribution in [2.45, 2.75) is 0 Å². The summed E-state index contributed by atoms with van der Waals surface area (Å²) in [5, 5.41) is 0. The van der Waals surface area contributed by atoms with Crippen molar-refractivity contribution in [3.8, 4) is 17.1 Å². The van der Waals surface area contributed by atoms with E-state index in [0.717, 1.165) is 60.0 Å². The quantitative estimate of drug-likeness (QED) is 0.244. The van der Waals surface area contributed by atoms with Crippen LogP contribution >= 0.6 is 0 Å². The van der Waals surface area contributed by atoms with E-state index in [1.54, 1.807) is 13.2 Å². The fourth-order valence-corrected chi connectivity index (χ4v) is 4.25. The number of aromatic nitrogens is 2. The maximum atomic E-state index is 14.8. The summed E-state index contributed by atoms with van der Waals surface area (Å²) in [6.45, 7) is 3.19. The third kappa shape index (κ3) is 5.59. The maximum absolute atomic E-state index is 14.8. The zero-order valence-electron chi connectivity index (χ0n) is 19.5. The van der Waals surface area contributed by atoms with Crippen LogP contribution in [-0.4, -0.2) is 43.3 Å². The summed E-state index contributed by atoms with van der Waals surface area (Å²) in [7, 11) is 1.67. The molecule has 2 heterocycles. The first kappa shape index (κ1) is 24.6. The average molecular weight is 510 g/mol. The van der Waals surface area contributed by atoms with Gasteiger partial charge in [-0.2, -0.15) is 36.4 Å². The van der Waals surface area contributed by atoms with Crippen LogP contribution in [0.3, 0.4) is 0 Å². The SMILES string of the molecule is COc1ccc(N2CCN(c3cc4nc(-c5ccc[cH-]5)[nH]c4cc3F)CC2)cc1.[Fe+2].c1cc[cH-]c1. The van der Waals surface area contributed by atoms with E-state index >= 15 is 0 Å². The second-order valence-electron chi connectivity index (χ2n) is 8.21. The molecule has 5 aromatic rings. The van der Waals surface area contributed by atoms with Crippen LogP contribution in [0.4, 0.5) is 15.8 Å². The van der Waals surface area contributed by atoms with Crippen molar-refractivity contribution in [3.63, 3.8) is 0 Å². The van der Waals surface area contributed by atoms with Gasteiger partial charge >= 0.3 is 17.1 Å². The summed E-state index contributed by atoms with van der Waals surface area (Å²) >= 11 is 0. The fourth-order valence-electron chi connectivity index (χ4n) is 4.25. The molecule has 0 radical (unpaired) electrons. The number of rotatable bonds is 4. The number of fused-ring (bicyclic) bond motifs is 1. The Balaban J connectivity index is 0.000000431. The van der Waals surface area contributed by atoms with Gasteiger partial charge in [0.1, 0.15) is 11.6 Å². The van der Waals surface area contributed by atoms with Gasteiger partial charge in [0.2, 0.25) is 0 Å². The van der Waals surface area contributed by atoms with E-state index in [4.69, 9.17) is 4.74 Å². The average Bonchev–Trinajstić information content (AvgIpc) is 3.67. The van der Waals surface area contributed by atoms with Crippen molar-refractivity contribution in [2.24, 2.45) is 0 Å². The number of methoxy groups -OCH3 is 1. The van der Waals surface area contributed by atoms with Crippen LogP contribution < -0.4 is 14.5 Å². The number of imidazole rings is 1. The Labute approximate surface area is 215 Å². The van der Waals surface area contributed by atoms with Gasteiger partial charge in [-0.3, -0.25) is 4.98 Å². The van der Waals surface area contributed by atoms with Crippen molar-refractivity contribution in [1.29, 1.82) is 0 Å². The van der Waals surface area contributed by atoms with Crippen molar-refractivity contribution in [2.75, 3.05) is 43.1 Å². The molecule has 0 spiro atoms. The molecule has 6 rings (SSSR count). The molecular weight excluding hydrogens is 483 g/mol. The summed E-state index contributed by atoms with van der Waals surface area (Å²) in [4.78, 5) is 12.3. The number of halogens is 1. The molecule has 0 unspecified atom stereocenters. The van der Waals surface area contributed by atoms with E-state index in [1.807, 2.05) is 72.8 Å². The molecule has 7 heteroatoms. The second-order valence-corrected chi connectivity index (χ2v) is 8.21. The Kier molecular flexibility index (Phi) is 7.91. The molecule has 1 aliphatic rings. The standard InChI is InChI=1S/C23H22FN4O.C5H5.Fe/c1-29-18-8-6-17(7-9-18)27-10-12-28(13-11-27)22-15-21-20(14-19(22)24)25-23(26-21)16-4-2-3-5-16;1-2-4-5-3-1;/h2-9,14-15H,10-13H2,1H3,(H,25,26);1-5H;/q2*-1;+2. The van der Waals surface area contributed by atoms with Gasteiger partial charge in [0, 0.05) is 37.9 Å². The summed E-state index contributed by atoms with van der Waals surface area (Å²) in [6.07, 6.45) is 0. The third-order valence-electron chi connectivity index (χ3n) is 6.10. The number of H-pyrrole nitrogens is 1. The van der Waals surface area contributed by atoms with E-state index in [1.165, 1.54) is 0 Å². The summed E-state index contributed by atoms with van der Waals surface area (Å²) in [5.74, 6) is 1.40. The number of aromatic amines is 1. The summed E-state index contributed by atoms with van der Waals surface area (Å²) in [5.41, 5.74) is 4.30. The smallest absolute Gasteiger partial charge is 0.497 e. The molecule has 1 saturated heterocycles. The van der Waals surface area contributed by atoms with Gasteiger partial charge in [-0.15, -0.1) is 11.6 Å². The summed E-state index contributed by atoms with van der Waals surface area (Å²) < 4.78 is 20.1. The minimum Gasteiger partial charge on any atom is -0.497 e. The van der Waals surface area contributed by atoms with E-state index in [-0.39, 0.29) is 22.9 Å². The van der Waals surface area contributed by atoms with Gasteiger partial charge in [-0.1, -0.05) is 0 Å². The predicted molar refractivity (Wildman–Crippen MR) is 137 cm³/mol. The first-order chi connectivity index (χ1) is 16.7. The van der Waals surface area contributed by atoms with E-state index in [2.05, 4.69) is 31.9 Å². The Bertz CT molecular complexity index is 1290. The van der Waals surface area contributed by atoms with Crippen LogP contribution in [0.1, 0.15) is 0 Å². The zero-order chi connectivity index (χ0) is 23.3. The molecular formula is C28H27FFeN4O. The number of hydrogen-bond acceptors (Lipinski definition) is 4. The molecule has 35 heavy (non-hydrogen) atoms. The minimum atomic E-state index is -0.215. The molecule has 1 N–H and O–H groups in total. The normalized spacial score (nSPS) is 13.2. The van der Waals surface area contributed by atoms with Gasteiger partial charge in [0.05, 0.1) is 29.7 Å². The first-order valence-electron chi connectivity index (χ1n) is 11.4. The Morgan fingerprint density at radius 1 is 0.914 bits per heavy atom. The molecule has 0 amide bonds. The van der Waals surface area contributed by atoms with Crippen molar-refractivity contribution in [3.05, 3.63) is 96.8 Å². The Morgan fingerprint density at radius 3 is 2.23 bits per heavy atom. The molecule has 0 atom stereocenters. The predicted octanol–water partition coefficient (Wildman–Crippen LogP) is 5.83. The largest absolute Gasteiger partial charge is 2.00 e. The number of piperazine rings is 1. The van der Waals surface area contributed by atoms with Crippen LogP contribution in [0.5, 0.6) is 5.75 Å². The maximum Gasteiger partial charge on any atom is 2.00 e. The molecule has 0 aliphatic carbocycles. The van der Waals surface area contributed by atoms with Crippen LogP contribution in [0.15, 0.2) is 91.0 Å². The van der Waals surface area contributed by atoms with Crippen LogP contribution in [0.2, 0.25) is 0 Å². The molecule has 1 aliphatic heterocycles. The van der Waals surface area contributed by atoms with Gasteiger partial charge in [-0.05, 0) is 30.3 Å². The Hall–Kier alpha value is -3.54. The number of nitrogens with one attached hydrogen (secondary N) is 1. The van der Waals surface area contributed by atoms with Gasteiger partial charge in [0.25, 0.3) is 0 Å². The topological polar surface area (TPSA) is 44.4 Å². The van der Waals surface area contributed by atoms with E-state index in [9.17, 15) is 4.39 Å². The number of anilines is 2. The van der Waals surface area contributed by atoms with Gasteiger partial charge < -0.3 is 19.5 Å². The van der Waals surface area contributed by atoms with E-state index < -0.39 is 0 Å². The molecule has 5 nitrogen and oxygen atoms in total. The molecule has 0 saturated carbocycles. The summed E-state index contributed by atoms with van der Waals surface area (Å²) in [6, 6.07) is 29.4. The van der Waals surface area contributed by atoms with E-state index in [0.29, 0.717) is 5.69 Å². The first-order valence-corrected chi connectivity index (χ1v) is 11.4.